The third-order valence-electron chi connectivity index (χ3n) is 4.90. The number of benzene rings is 1. The molecule has 1 fully saturated rings. The van der Waals surface area contributed by atoms with E-state index in [1.54, 1.807) is 6.92 Å². The summed E-state index contributed by atoms with van der Waals surface area (Å²) in [6, 6.07) is 6.21. The van der Waals surface area contributed by atoms with Gasteiger partial charge in [-0.25, -0.2) is 4.98 Å². The predicted molar refractivity (Wildman–Crippen MR) is 101 cm³/mol. The molecule has 130 valence electrons. The fourth-order valence-corrected chi connectivity index (χ4v) is 3.76. The zero-order valence-electron chi connectivity index (χ0n) is 15.0. The summed E-state index contributed by atoms with van der Waals surface area (Å²) >= 11 is 4.45. The van der Waals surface area contributed by atoms with Crippen molar-refractivity contribution in [1.29, 1.82) is 0 Å². The van der Waals surface area contributed by atoms with Gasteiger partial charge in [-0.2, -0.15) is 0 Å². The fourth-order valence-electron chi connectivity index (χ4n) is 3.56. The predicted octanol–water partition coefficient (Wildman–Crippen LogP) is 3.88. The summed E-state index contributed by atoms with van der Waals surface area (Å²) in [4.78, 5) is 19.3. The Hall–Kier alpha value is -1.49. The lowest BCUT2D eigenvalue weighted by atomic mass is 9.93. The van der Waals surface area contributed by atoms with Gasteiger partial charge in [0, 0.05) is 36.9 Å². The lowest BCUT2D eigenvalue weighted by Crippen LogP contribution is -2.38. The summed E-state index contributed by atoms with van der Waals surface area (Å²) in [6.07, 6.45) is 2.13. The van der Waals surface area contributed by atoms with E-state index in [0.29, 0.717) is 5.92 Å². The number of rotatable bonds is 2. The van der Waals surface area contributed by atoms with Crippen molar-refractivity contribution in [2.75, 3.05) is 13.1 Å². The lowest BCUT2D eigenvalue weighted by molar-refractivity contribution is -0.130. The van der Waals surface area contributed by atoms with Gasteiger partial charge in [0.25, 0.3) is 0 Å². The van der Waals surface area contributed by atoms with Crippen molar-refractivity contribution in [3.05, 3.63) is 24.0 Å². The molecule has 0 aliphatic carbocycles. The summed E-state index contributed by atoms with van der Waals surface area (Å²) in [5, 5.41) is 0. The smallest absolute Gasteiger partial charge is 0.219 e. The summed E-state index contributed by atoms with van der Waals surface area (Å²) in [7, 11) is 0. The number of thiol groups is 1. The number of amides is 1. The van der Waals surface area contributed by atoms with Crippen LogP contribution in [-0.2, 0) is 16.8 Å². The number of hydrogen-bond acceptors (Lipinski definition) is 3. The van der Waals surface area contributed by atoms with Crippen LogP contribution in [0.2, 0.25) is 0 Å². The van der Waals surface area contributed by atoms with Gasteiger partial charge in [-0.05, 0) is 37.0 Å². The van der Waals surface area contributed by atoms with Gasteiger partial charge in [0.1, 0.15) is 5.82 Å². The Bertz CT molecular complexity index is 752. The van der Waals surface area contributed by atoms with Crippen molar-refractivity contribution in [1.82, 2.24) is 14.5 Å². The minimum Gasteiger partial charge on any atom is -0.343 e. The zero-order valence-corrected chi connectivity index (χ0v) is 15.9. The van der Waals surface area contributed by atoms with Crippen LogP contribution >= 0.6 is 12.6 Å². The molecular formula is C19H27N3OS. The second kappa shape index (κ2) is 6.43. The topological polar surface area (TPSA) is 38.1 Å². The van der Waals surface area contributed by atoms with Gasteiger partial charge in [0.15, 0.2) is 0 Å². The van der Waals surface area contributed by atoms with Crippen LogP contribution in [0.5, 0.6) is 0 Å². The fraction of sp³-hybridized carbons (Fsp3) is 0.579. The molecule has 0 saturated carbocycles. The summed E-state index contributed by atoms with van der Waals surface area (Å²) in [6.45, 7) is 11.0. The summed E-state index contributed by atoms with van der Waals surface area (Å²) < 4.78 is 2.39. The molecule has 2 heterocycles. The third-order valence-corrected chi connectivity index (χ3v) is 5.18. The lowest BCUT2D eigenvalue weighted by Gasteiger charge is -2.32. The molecule has 0 radical (unpaired) electrons. The molecule has 24 heavy (non-hydrogen) atoms. The Kier molecular flexibility index (Phi) is 4.65. The molecule has 1 aliphatic heterocycles. The van der Waals surface area contributed by atoms with Gasteiger partial charge in [-0.3, -0.25) is 4.79 Å². The van der Waals surface area contributed by atoms with Crippen molar-refractivity contribution in [2.45, 2.75) is 57.4 Å². The number of carbonyl (C=O) groups is 1. The van der Waals surface area contributed by atoms with Crippen molar-refractivity contribution in [3.63, 3.8) is 0 Å². The number of imidazole rings is 1. The quantitative estimate of drug-likeness (QED) is 0.839. The maximum Gasteiger partial charge on any atom is 0.219 e. The SMILES string of the molecule is CC(=O)N1CCC(Cn2c(C(C)(C)C)nc3cc(S)ccc32)CC1. The average Bonchev–Trinajstić information content (AvgIpc) is 2.85. The van der Waals surface area contributed by atoms with Crippen molar-refractivity contribution < 1.29 is 4.79 Å². The highest BCUT2D eigenvalue weighted by molar-refractivity contribution is 7.80. The largest absolute Gasteiger partial charge is 0.343 e. The number of nitrogens with zero attached hydrogens (tertiary/aromatic N) is 3. The molecule has 0 unspecified atom stereocenters. The van der Waals surface area contributed by atoms with Crippen LogP contribution < -0.4 is 0 Å². The van der Waals surface area contributed by atoms with Crippen molar-refractivity contribution >= 4 is 29.6 Å². The first-order valence-corrected chi connectivity index (χ1v) is 9.15. The maximum atomic E-state index is 11.5. The standard InChI is InChI=1S/C19H27N3OS/c1-13(23)21-9-7-14(8-10-21)12-22-17-6-5-15(24)11-16(17)20-18(22)19(2,3)4/h5-6,11,14,24H,7-10,12H2,1-4H3. The summed E-state index contributed by atoms with van der Waals surface area (Å²) in [5.74, 6) is 1.92. The Morgan fingerprint density at radius 2 is 1.96 bits per heavy atom. The van der Waals surface area contributed by atoms with E-state index >= 15 is 0 Å². The first-order valence-electron chi connectivity index (χ1n) is 8.71. The van der Waals surface area contributed by atoms with Crippen LogP contribution in [0.3, 0.4) is 0 Å². The molecule has 1 aliphatic rings. The van der Waals surface area contributed by atoms with Gasteiger partial charge in [-0.15, -0.1) is 12.6 Å². The molecule has 5 heteroatoms. The molecule has 1 amide bonds. The molecule has 0 spiro atoms. The molecule has 2 aromatic rings. The van der Waals surface area contributed by atoms with E-state index in [-0.39, 0.29) is 11.3 Å². The number of hydrogen-bond donors (Lipinski definition) is 1. The minimum atomic E-state index is -0.00410. The third kappa shape index (κ3) is 3.46. The molecule has 1 aromatic carbocycles. The van der Waals surface area contributed by atoms with Crippen LogP contribution in [0.15, 0.2) is 23.1 Å². The van der Waals surface area contributed by atoms with E-state index in [4.69, 9.17) is 4.98 Å². The van der Waals surface area contributed by atoms with Crippen LogP contribution in [-0.4, -0.2) is 33.4 Å². The molecule has 0 N–H and O–H groups in total. The molecule has 0 atom stereocenters. The Balaban J connectivity index is 1.89. The van der Waals surface area contributed by atoms with E-state index < -0.39 is 0 Å². The molecule has 0 bridgehead atoms. The second-order valence-corrected chi connectivity index (χ2v) is 8.43. The van der Waals surface area contributed by atoms with Gasteiger partial charge in [0.2, 0.25) is 5.91 Å². The van der Waals surface area contributed by atoms with Gasteiger partial charge in [0.05, 0.1) is 11.0 Å². The number of fused-ring (bicyclic) bond motifs is 1. The number of aromatic nitrogens is 2. The first kappa shape index (κ1) is 17.3. The maximum absolute atomic E-state index is 11.5. The van der Waals surface area contributed by atoms with E-state index in [9.17, 15) is 4.79 Å². The van der Waals surface area contributed by atoms with Crippen molar-refractivity contribution in [3.8, 4) is 0 Å². The van der Waals surface area contributed by atoms with Crippen LogP contribution in [0, 0.1) is 5.92 Å². The normalized spacial score (nSPS) is 16.8. The van der Waals surface area contributed by atoms with Gasteiger partial charge >= 0.3 is 0 Å². The Morgan fingerprint density at radius 3 is 2.54 bits per heavy atom. The van der Waals surface area contributed by atoms with Crippen LogP contribution in [0.25, 0.3) is 11.0 Å². The number of piperidine rings is 1. The average molecular weight is 346 g/mol. The molecular weight excluding hydrogens is 318 g/mol. The van der Waals surface area contributed by atoms with Crippen molar-refractivity contribution in [2.24, 2.45) is 5.92 Å². The van der Waals surface area contributed by atoms with E-state index in [1.165, 1.54) is 5.52 Å². The van der Waals surface area contributed by atoms with Crippen LogP contribution in [0.4, 0.5) is 0 Å². The second-order valence-electron chi connectivity index (χ2n) is 7.92. The number of carbonyl (C=O) groups excluding carboxylic acids is 1. The molecule has 3 rings (SSSR count). The highest BCUT2D eigenvalue weighted by Crippen LogP contribution is 2.30. The van der Waals surface area contributed by atoms with Gasteiger partial charge < -0.3 is 9.47 Å². The number of likely N-dealkylation sites (tertiary alicyclic amines) is 1. The van der Waals surface area contributed by atoms with E-state index in [2.05, 4.69) is 44.0 Å². The Morgan fingerprint density at radius 1 is 1.29 bits per heavy atom. The van der Waals surface area contributed by atoms with E-state index in [0.717, 1.165) is 48.7 Å². The zero-order chi connectivity index (χ0) is 17.5. The van der Waals surface area contributed by atoms with E-state index in [1.807, 2.05) is 17.0 Å². The highest BCUT2D eigenvalue weighted by atomic mass is 32.1. The molecule has 1 aromatic heterocycles. The highest BCUT2D eigenvalue weighted by Gasteiger charge is 2.26. The van der Waals surface area contributed by atoms with Crippen LogP contribution in [0.1, 0.15) is 46.4 Å². The monoisotopic (exact) mass is 345 g/mol. The summed E-state index contributed by atoms with van der Waals surface area (Å²) in [5.41, 5.74) is 2.20. The van der Waals surface area contributed by atoms with Gasteiger partial charge in [-0.1, -0.05) is 20.8 Å². The first-order chi connectivity index (χ1) is 11.3. The molecule has 1 saturated heterocycles. The minimum absolute atomic E-state index is 0.00410. The molecule has 4 nitrogen and oxygen atoms in total. The Labute approximate surface area is 149 Å².